The highest BCUT2D eigenvalue weighted by Crippen LogP contribution is 2.23. The average molecular weight is 271 g/mol. The van der Waals surface area contributed by atoms with Gasteiger partial charge in [-0.05, 0) is 12.8 Å². The molecule has 2 aromatic heterocycles. The van der Waals surface area contributed by atoms with Crippen molar-refractivity contribution in [2.75, 3.05) is 5.75 Å². The summed E-state index contributed by atoms with van der Waals surface area (Å²) in [6, 6.07) is 0. The van der Waals surface area contributed by atoms with Crippen LogP contribution < -0.4 is 0 Å². The van der Waals surface area contributed by atoms with Gasteiger partial charge in [-0.25, -0.2) is 15.0 Å². The van der Waals surface area contributed by atoms with Gasteiger partial charge in [0.2, 0.25) is 0 Å². The number of thioether (sulfide) groups is 1. The maximum Gasteiger partial charge on any atom is 0.191 e. The minimum atomic E-state index is 0.448. The second-order valence-electron chi connectivity index (χ2n) is 3.76. The Hall–Kier alpha value is -0.810. The molecule has 2 rings (SSSR count). The number of hydrogen-bond acceptors (Lipinski definition) is 4. The van der Waals surface area contributed by atoms with E-state index in [0.29, 0.717) is 10.7 Å². The van der Waals surface area contributed by atoms with Gasteiger partial charge in [-0.2, -0.15) is 0 Å². The third-order valence-corrected chi connectivity index (χ3v) is 3.62. The van der Waals surface area contributed by atoms with Crippen LogP contribution in [0.4, 0.5) is 0 Å². The largest absolute Gasteiger partial charge is 0.315 e. The highest BCUT2D eigenvalue weighted by molar-refractivity contribution is 7.99. The molecule has 2 aromatic rings. The van der Waals surface area contributed by atoms with E-state index in [4.69, 9.17) is 11.6 Å². The molecule has 4 nitrogen and oxygen atoms in total. The van der Waals surface area contributed by atoms with E-state index in [1.165, 1.54) is 0 Å². The first-order valence-electron chi connectivity index (χ1n) is 5.77. The highest BCUT2D eigenvalue weighted by atomic mass is 35.5. The third-order valence-electron chi connectivity index (χ3n) is 2.30. The van der Waals surface area contributed by atoms with Gasteiger partial charge in [-0.3, -0.25) is 0 Å². The summed E-state index contributed by atoms with van der Waals surface area (Å²) in [6.45, 7) is 5.16. The Labute approximate surface area is 110 Å². The molecule has 0 bridgehead atoms. The quantitative estimate of drug-likeness (QED) is 0.475. The molecule has 0 saturated carbocycles. The second kappa shape index (κ2) is 5.69. The second-order valence-corrected chi connectivity index (χ2v) is 5.18. The number of fused-ring (bicyclic) bond motifs is 1. The Morgan fingerprint density at radius 3 is 2.82 bits per heavy atom. The molecule has 0 fully saturated rings. The third kappa shape index (κ3) is 2.72. The maximum atomic E-state index is 6.11. The number of nitrogens with zero attached hydrogens (tertiary/aromatic N) is 4. The molecule has 0 amide bonds. The van der Waals surface area contributed by atoms with Gasteiger partial charge in [-0.1, -0.05) is 37.2 Å². The van der Waals surface area contributed by atoms with Gasteiger partial charge < -0.3 is 4.57 Å². The van der Waals surface area contributed by atoms with Crippen molar-refractivity contribution in [3.8, 4) is 0 Å². The molecule has 0 aliphatic carbocycles. The van der Waals surface area contributed by atoms with E-state index in [-0.39, 0.29) is 0 Å². The Morgan fingerprint density at radius 2 is 2.12 bits per heavy atom. The maximum absolute atomic E-state index is 6.11. The van der Waals surface area contributed by atoms with Crippen molar-refractivity contribution in [3.63, 3.8) is 0 Å². The van der Waals surface area contributed by atoms with Gasteiger partial charge in [0, 0.05) is 12.3 Å². The van der Waals surface area contributed by atoms with Crippen molar-refractivity contribution in [1.29, 1.82) is 0 Å². The lowest BCUT2D eigenvalue weighted by Crippen LogP contribution is -1.98. The monoisotopic (exact) mass is 270 g/mol. The molecule has 0 N–H and O–H groups in total. The van der Waals surface area contributed by atoms with Crippen LogP contribution in [0.2, 0.25) is 5.15 Å². The van der Waals surface area contributed by atoms with Crippen LogP contribution in [-0.2, 0) is 6.54 Å². The number of aromatic nitrogens is 4. The lowest BCUT2D eigenvalue weighted by molar-refractivity contribution is 0.688. The standard InChI is InChI=1S/C11H15ClN4S/c1-3-5-16-7-13-8-9(12)14-11(15-10(8)16)17-6-4-2/h7H,3-6H2,1-2H3. The molecule has 0 aromatic carbocycles. The predicted molar refractivity (Wildman–Crippen MR) is 71.6 cm³/mol. The molecule has 0 aliphatic rings. The van der Waals surface area contributed by atoms with E-state index in [9.17, 15) is 0 Å². The van der Waals surface area contributed by atoms with Crippen LogP contribution in [0.5, 0.6) is 0 Å². The van der Waals surface area contributed by atoms with E-state index < -0.39 is 0 Å². The molecule has 2 heterocycles. The van der Waals surface area contributed by atoms with Gasteiger partial charge in [-0.15, -0.1) is 0 Å². The Kier molecular flexibility index (Phi) is 4.23. The Morgan fingerprint density at radius 1 is 1.29 bits per heavy atom. The van der Waals surface area contributed by atoms with E-state index >= 15 is 0 Å². The zero-order chi connectivity index (χ0) is 12.3. The fourth-order valence-corrected chi connectivity index (χ4v) is 2.51. The number of halogens is 1. The van der Waals surface area contributed by atoms with Gasteiger partial charge in [0.25, 0.3) is 0 Å². The van der Waals surface area contributed by atoms with Crippen LogP contribution in [0.1, 0.15) is 26.7 Å². The molecule has 92 valence electrons. The highest BCUT2D eigenvalue weighted by Gasteiger charge is 2.11. The summed E-state index contributed by atoms with van der Waals surface area (Å²) >= 11 is 7.75. The minimum absolute atomic E-state index is 0.448. The van der Waals surface area contributed by atoms with Gasteiger partial charge in [0.05, 0.1) is 6.33 Å². The van der Waals surface area contributed by atoms with E-state index in [1.54, 1.807) is 18.1 Å². The van der Waals surface area contributed by atoms with E-state index in [2.05, 4.69) is 28.8 Å². The number of imidazole rings is 1. The first-order valence-corrected chi connectivity index (χ1v) is 7.13. The van der Waals surface area contributed by atoms with Crippen LogP contribution in [0.25, 0.3) is 11.2 Å². The van der Waals surface area contributed by atoms with Crippen molar-refractivity contribution in [2.45, 2.75) is 38.4 Å². The molecule has 0 radical (unpaired) electrons. The predicted octanol–water partition coefficient (Wildman–Crippen LogP) is 3.39. The molecule has 0 aliphatic heterocycles. The molecule has 0 saturated heterocycles. The van der Waals surface area contributed by atoms with Crippen molar-refractivity contribution in [2.24, 2.45) is 0 Å². The molecule has 0 unspecified atom stereocenters. The zero-order valence-corrected chi connectivity index (χ0v) is 11.6. The van der Waals surface area contributed by atoms with Crippen molar-refractivity contribution < 1.29 is 0 Å². The van der Waals surface area contributed by atoms with Crippen molar-refractivity contribution in [1.82, 2.24) is 19.5 Å². The van der Waals surface area contributed by atoms with E-state index in [0.717, 1.165) is 35.9 Å². The molecule has 0 atom stereocenters. The number of hydrogen-bond donors (Lipinski definition) is 0. The summed E-state index contributed by atoms with van der Waals surface area (Å²) in [4.78, 5) is 13.0. The fourth-order valence-electron chi connectivity index (χ4n) is 1.55. The van der Waals surface area contributed by atoms with Crippen LogP contribution in [-0.4, -0.2) is 25.3 Å². The van der Waals surface area contributed by atoms with Gasteiger partial charge in [0.1, 0.15) is 5.52 Å². The summed E-state index contributed by atoms with van der Waals surface area (Å²) < 4.78 is 2.03. The molecule has 17 heavy (non-hydrogen) atoms. The molecular formula is C11H15ClN4S. The lowest BCUT2D eigenvalue weighted by atomic mass is 10.4. The molecule has 0 spiro atoms. The van der Waals surface area contributed by atoms with Crippen molar-refractivity contribution in [3.05, 3.63) is 11.5 Å². The molecular weight excluding hydrogens is 256 g/mol. The zero-order valence-electron chi connectivity index (χ0n) is 9.98. The first-order chi connectivity index (χ1) is 8.26. The topological polar surface area (TPSA) is 43.6 Å². The molecule has 6 heteroatoms. The Balaban J connectivity index is 2.41. The Bertz CT molecular complexity index is 511. The summed E-state index contributed by atoms with van der Waals surface area (Å²) in [6.07, 6.45) is 3.92. The summed E-state index contributed by atoms with van der Waals surface area (Å²) in [5.74, 6) is 1.00. The fraction of sp³-hybridized carbons (Fsp3) is 0.545. The van der Waals surface area contributed by atoms with Gasteiger partial charge >= 0.3 is 0 Å². The SMILES string of the molecule is CCCSc1nc(Cl)c2ncn(CCC)c2n1. The summed E-state index contributed by atoms with van der Waals surface area (Å²) in [7, 11) is 0. The van der Waals surface area contributed by atoms with Crippen LogP contribution in [0, 0.1) is 0 Å². The lowest BCUT2D eigenvalue weighted by Gasteiger charge is -2.03. The minimum Gasteiger partial charge on any atom is -0.315 e. The summed E-state index contributed by atoms with van der Waals surface area (Å²) in [5, 5.41) is 1.19. The van der Waals surface area contributed by atoms with Crippen LogP contribution in [0.15, 0.2) is 11.5 Å². The first kappa shape index (κ1) is 12.6. The number of aryl methyl sites for hydroxylation is 1. The van der Waals surface area contributed by atoms with Crippen molar-refractivity contribution >= 4 is 34.5 Å². The van der Waals surface area contributed by atoms with E-state index in [1.807, 2.05) is 4.57 Å². The normalized spacial score (nSPS) is 11.2. The van der Waals surface area contributed by atoms with Crippen LogP contribution >= 0.6 is 23.4 Å². The average Bonchev–Trinajstić information content (AvgIpc) is 2.71. The smallest absolute Gasteiger partial charge is 0.191 e. The van der Waals surface area contributed by atoms with Crippen LogP contribution in [0.3, 0.4) is 0 Å². The summed E-state index contributed by atoms with van der Waals surface area (Å²) in [5.41, 5.74) is 1.53. The van der Waals surface area contributed by atoms with Gasteiger partial charge in [0.15, 0.2) is 16.0 Å². The number of rotatable bonds is 5.